The molecule has 1 aromatic rings. The highest BCUT2D eigenvalue weighted by molar-refractivity contribution is 9.10. The van der Waals surface area contributed by atoms with Crippen LogP contribution in [0.5, 0.6) is 0 Å². The highest BCUT2D eigenvalue weighted by Crippen LogP contribution is 2.16. The molecule has 0 unspecified atom stereocenters. The minimum absolute atomic E-state index is 0.793. The minimum atomic E-state index is 0.793. The topological polar surface area (TPSA) is 18.5 Å². The Hall–Kier alpha value is -0.0300. The molecular formula is C8H9BrO2S. The molecule has 0 fully saturated rings. The molecule has 12 heavy (non-hydrogen) atoms. The number of halogens is 1. The Morgan fingerprint density at radius 3 is 2.58 bits per heavy atom. The summed E-state index contributed by atoms with van der Waals surface area (Å²) >= 11 is 4.64. The number of benzene rings is 1. The van der Waals surface area contributed by atoms with Crippen molar-refractivity contribution < 1.29 is 9.22 Å². The molecule has 0 aromatic heterocycles. The average Bonchev–Trinajstić information content (AvgIpc) is 2.09. The van der Waals surface area contributed by atoms with Crippen molar-refractivity contribution in [2.45, 2.75) is 5.75 Å². The van der Waals surface area contributed by atoms with Gasteiger partial charge in [-0.15, -0.1) is 0 Å². The lowest BCUT2D eigenvalue weighted by Crippen LogP contribution is -1.82. The van der Waals surface area contributed by atoms with Gasteiger partial charge in [-0.1, -0.05) is 28.1 Å². The summed E-state index contributed by atoms with van der Waals surface area (Å²) in [6.07, 6.45) is 0. The fraction of sp³-hybridized carbons (Fsp3) is 0.250. The summed E-state index contributed by atoms with van der Waals surface area (Å²) in [6, 6.07) is 8.08. The van der Waals surface area contributed by atoms with Crippen molar-refractivity contribution in [3.63, 3.8) is 0 Å². The second kappa shape index (κ2) is 5.59. The minimum Gasteiger partial charge on any atom is -0.228 e. The van der Waals surface area contributed by atoms with Gasteiger partial charge in [0.15, 0.2) is 0 Å². The van der Waals surface area contributed by atoms with Gasteiger partial charge in [-0.25, -0.2) is 4.89 Å². The maximum absolute atomic E-state index is 4.67. The molecule has 2 nitrogen and oxygen atoms in total. The first kappa shape index (κ1) is 10.1. The van der Waals surface area contributed by atoms with Gasteiger partial charge in [0.25, 0.3) is 0 Å². The second-order valence-electron chi connectivity index (χ2n) is 2.12. The maximum atomic E-state index is 4.67. The van der Waals surface area contributed by atoms with Gasteiger partial charge in [-0.2, -0.15) is 4.33 Å². The Morgan fingerprint density at radius 1 is 1.33 bits per heavy atom. The number of hydrogen-bond donors (Lipinski definition) is 0. The summed E-state index contributed by atoms with van der Waals surface area (Å²) in [5, 5.41) is 0. The Morgan fingerprint density at radius 2 is 2.00 bits per heavy atom. The van der Waals surface area contributed by atoms with Crippen LogP contribution in [0.4, 0.5) is 0 Å². The summed E-state index contributed by atoms with van der Waals surface area (Å²) < 4.78 is 5.76. The molecule has 0 heterocycles. The Balaban J connectivity index is 2.37. The number of hydrogen-bond acceptors (Lipinski definition) is 3. The Labute approximate surface area is 84.5 Å². The fourth-order valence-corrected chi connectivity index (χ4v) is 1.46. The molecule has 0 aliphatic carbocycles. The summed E-state index contributed by atoms with van der Waals surface area (Å²) in [4.78, 5) is 4.44. The van der Waals surface area contributed by atoms with Gasteiger partial charge in [-0.05, 0) is 17.7 Å². The van der Waals surface area contributed by atoms with Crippen LogP contribution in [0.15, 0.2) is 28.7 Å². The van der Waals surface area contributed by atoms with Gasteiger partial charge in [-0.3, -0.25) is 0 Å². The number of rotatable bonds is 4. The SMILES string of the molecule is COOSCc1ccc(Br)cc1. The molecule has 0 bridgehead atoms. The van der Waals surface area contributed by atoms with Crippen molar-refractivity contribution in [2.75, 3.05) is 7.11 Å². The van der Waals surface area contributed by atoms with Gasteiger partial charge in [0, 0.05) is 22.3 Å². The van der Waals surface area contributed by atoms with Crippen LogP contribution in [0, 0.1) is 0 Å². The van der Waals surface area contributed by atoms with Gasteiger partial charge >= 0.3 is 0 Å². The van der Waals surface area contributed by atoms with E-state index in [0.29, 0.717) is 0 Å². The van der Waals surface area contributed by atoms with E-state index in [4.69, 9.17) is 0 Å². The van der Waals surface area contributed by atoms with E-state index in [9.17, 15) is 0 Å². The van der Waals surface area contributed by atoms with Crippen LogP contribution in [0.2, 0.25) is 0 Å². The van der Waals surface area contributed by atoms with Gasteiger partial charge in [0.2, 0.25) is 0 Å². The average molecular weight is 249 g/mol. The molecular weight excluding hydrogens is 240 g/mol. The standard InChI is InChI=1S/C8H9BrO2S/c1-10-11-12-6-7-2-4-8(9)5-3-7/h2-5H,6H2,1H3. The molecule has 1 rings (SSSR count). The molecule has 0 radical (unpaired) electrons. The summed E-state index contributed by atoms with van der Waals surface area (Å²) in [7, 11) is 1.49. The molecule has 0 aliphatic heterocycles. The van der Waals surface area contributed by atoms with Crippen LogP contribution >= 0.6 is 28.0 Å². The van der Waals surface area contributed by atoms with Crippen LogP contribution < -0.4 is 0 Å². The molecule has 66 valence electrons. The third-order valence-electron chi connectivity index (χ3n) is 1.26. The Kier molecular flexibility index (Phi) is 4.68. The van der Waals surface area contributed by atoms with Crippen molar-refractivity contribution in [1.82, 2.24) is 0 Å². The largest absolute Gasteiger partial charge is 0.228 e. The smallest absolute Gasteiger partial charge is 0.0725 e. The molecule has 4 heteroatoms. The first-order chi connectivity index (χ1) is 5.83. The van der Waals surface area contributed by atoms with Crippen LogP contribution in [-0.2, 0) is 15.0 Å². The lowest BCUT2D eigenvalue weighted by Gasteiger charge is -1.99. The van der Waals surface area contributed by atoms with Gasteiger partial charge < -0.3 is 0 Å². The third kappa shape index (κ3) is 3.58. The van der Waals surface area contributed by atoms with E-state index in [1.54, 1.807) is 0 Å². The van der Waals surface area contributed by atoms with E-state index >= 15 is 0 Å². The first-order valence-electron chi connectivity index (χ1n) is 3.39. The van der Waals surface area contributed by atoms with E-state index in [2.05, 4.69) is 25.2 Å². The third-order valence-corrected chi connectivity index (χ3v) is 2.47. The fourth-order valence-electron chi connectivity index (χ4n) is 0.721. The molecule has 0 N–H and O–H groups in total. The maximum Gasteiger partial charge on any atom is 0.0725 e. The van der Waals surface area contributed by atoms with E-state index in [1.807, 2.05) is 24.3 Å². The second-order valence-corrected chi connectivity index (χ2v) is 3.70. The van der Waals surface area contributed by atoms with Crippen LogP contribution in [0.1, 0.15) is 5.56 Å². The zero-order chi connectivity index (χ0) is 8.81. The summed E-state index contributed by atoms with van der Waals surface area (Å²) in [5.41, 5.74) is 1.21. The monoisotopic (exact) mass is 248 g/mol. The van der Waals surface area contributed by atoms with Crippen LogP contribution in [-0.4, -0.2) is 7.11 Å². The molecule has 0 saturated heterocycles. The highest BCUT2D eigenvalue weighted by Gasteiger charge is 1.93. The normalized spacial score (nSPS) is 10.2. The van der Waals surface area contributed by atoms with E-state index in [0.717, 1.165) is 10.2 Å². The summed E-state index contributed by atoms with van der Waals surface area (Å²) in [5.74, 6) is 0.793. The lowest BCUT2D eigenvalue weighted by atomic mass is 10.2. The van der Waals surface area contributed by atoms with Crippen molar-refractivity contribution in [3.05, 3.63) is 34.3 Å². The van der Waals surface area contributed by atoms with E-state index in [-0.39, 0.29) is 0 Å². The first-order valence-corrected chi connectivity index (χ1v) is 5.10. The van der Waals surface area contributed by atoms with Crippen molar-refractivity contribution in [3.8, 4) is 0 Å². The lowest BCUT2D eigenvalue weighted by molar-refractivity contribution is -0.160. The van der Waals surface area contributed by atoms with Crippen LogP contribution in [0.3, 0.4) is 0 Å². The Bertz CT molecular complexity index is 225. The molecule has 0 aliphatic rings. The predicted molar refractivity (Wildman–Crippen MR) is 53.5 cm³/mol. The molecule has 0 amide bonds. The van der Waals surface area contributed by atoms with Gasteiger partial charge in [0.05, 0.1) is 7.11 Å². The molecule has 0 spiro atoms. The van der Waals surface area contributed by atoms with E-state index in [1.165, 1.54) is 24.7 Å². The quantitative estimate of drug-likeness (QED) is 0.353. The zero-order valence-electron chi connectivity index (χ0n) is 6.62. The molecule has 1 aromatic carbocycles. The zero-order valence-corrected chi connectivity index (χ0v) is 9.02. The van der Waals surface area contributed by atoms with E-state index < -0.39 is 0 Å². The van der Waals surface area contributed by atoms with Gasteiger partial charge in [0.1, 0.15) is 0 Å². The molecule has 0 saturated carbocycles. The molecule has 0 atom stereocenters. The predicted octanol–water partition coefficient (Wildman–Crippen LogP) is 3.18. The van der Waals surface area contributed by atoms with Crippen molar-refractivity contribution >= 4 is 28.0 Å². The van der Waals surface area contributed by atoms with Crippen molar-refractivity contribution in [1.29, 1.82) is 0 Å². The highest BCUT2D eigenvalue weighted by atomic mass is 79.9. The van der Waals surface area contributed by atoms with Crippen LogP contribution in [0.25, 0.3) is 0 Å². The van der Waals surface area contributed by atoms with Crippen molar-refractivity contribution in [2.24, 2.45) is 0 Å². The summed E-state index contributed by atoms with van der Waals surface area (Å²) in [6.45, 7) is 0.